The molecular formula is C9H12N2O2. The van der Waals surface area contributed by atoms with E-state index in [0.29, 0.717) is 6.42 Å². The van der Waals surface area contributed by atoms with Crippen LogP contribution in [0.1, 0.15) is 5.56 Å². The Morgan fingerprint density at radius 1 is 1.54 bits per heavy atom. The standard InChI is InChI=1S/C9H12N2O2/c12-6-9(11-7-13)5-8-1-3-10-4-2-8/h1-4,6,9,11,13H,5,7H2/t9-/m0/s1. The van der Waals surface area contributed by atoms with E-state index in [-0.39, 0.29) is 12.8 Å². The van der Waals surface area contributed by atoms with Gasteiger partial charge in [-0.3, -0.25) is 10.3 Å². The van der Waals surface area contributed by atoms with Crippen molar-refractivity contribution in [2.45, 2.75) is 12.5 Å². The third-order valence-electron chi connectivity index (χ3n) is 1.72. The Labute approximate surface area is 76.6 Å². The molecule has 0 fully saturated rings. The number of pyridine rings is 1. The Morgan fingerprint density at radius 2 is 2.23 bits per heavy atom. The number of aliphatic hydroxyl groups is 1. The lowest BCUT2D eigenvalue weighted by Crippen LogP contribution is -2.33. The molecule has 2 N–H and O–H groups in total. The molecule has 13 heavy (non-hydrogen) atoms. The molecule has 70 valence electrons. The van der Waals surface area contributed by atoms with Crippen LogP contribution in [0.15, 0.2) is 24.5 Å². The second-order valence-corrected chi connectivity index (χ2v) is 2.66. The quantitative estimate of drug-likeness (QED) is 0.483. The minimum absolute atomic E-state index is 0.186. The molecule has 0 spiro atoms. The van der Waals surface area contributed by atoms with E-state index >= 15 is 0 Å². The van der Waals surface area contributed by atoms with Crippen molar-refractivity contribution in [2.75, 3.05) is 6.73 Å². The van der Waals surface area contributed by atoms with Crippen LogP contribution in [0, 0.1) is 0 Å². The van der Waals surface area contributed by atoms with Crippen LogP contribution in [0.2, 0.25) is 0 Å². The summed E-state index contributed by atoms with van der Waals surface area (Å²) < 4.78 is 0. The predicted molar refractivity (Wildman–Crippen MR) is 48.0 cm³/mol. The summed E-state index contributed by atoms with van der Waals surface area (Å²) >= 11 is 0. The highest BCUT2D eigenvalue weighted by molar-refractivity contribution is 5.58. The van der Waals surface area contributed by atoms with Gasteiger partial charge in [-0.25, -0.2) is 0 Å². The first-order chi connectivity index (χ1) is 6.36. The molecule has 1 atom stereocenters. The SMILES string of the molecule is O=C[C@H](Cc1ccncc1)NCO. The van der Waals surface area contributed by atoms with E-state index in [9.17, 15) is 4.79 Å². The van der Waals surface area contributed by atoms with Crippen LogP contribution < -0.4 is 5.32 Å². The molecule has 0 saturated carbocycles. The molecule has 0 aliphatic carbocycles. The van der Waals surface area contributed by atoms with Gasteiger partial charge in [-0.2, -0.15) is 0 Å². The van der Waals surface area contributed by atoms with E-state index in [2.05, 4.69) is 10.3 Å². The first-order valence-electron chi connectivity index (χ1n) is 4.05. The average molecular weight is 180 g/mol. The van der Waals surface area contributed by atoms with Crippen LogP contribution in [0.4, 0.5) is 0 Å². The maximum Gasteiger partial charge on any atom is 0.137 e. The number of aldehydes is 1. The highest BCUT2D eigenvalue weighted by Gasteiger charge is 2.05. The first kappa shape index (κ1) is 9.83. The molecule has 1 aromatic heterocycles. The van der Waals surface area contributed by atoms with Crippen LogP contribution in [0.25, 0.3) is 0 Å². The molecular weight excluding hydrogens is 168 g/mol. The molecule has 0 aliphatic heterocycles. The second-order valence-electron chi connectivity index (χ2n) is 2.66. The van der Waals surface area contributed by atoms with E-state index in [0.717, 1.165) is 11.8 Å². The van der Waals surface area contributed by atoms with Gasteiger partial charge in [0.2, 0.25) is 0 Å². The molecule has 4 nitrogen and oxygen atoms in total. The van der Waals surface area contributed by atoms with Crippen molar-refractivity contribution in [2.24, 2.45) is 0 Å². The summed E-state index contributed by atoms with van der Waals surface area (Å²) in [7, 11) is 0. The molecule has 0 unspecified atom stereocenters. The van der Waals surface area contributed by atoms with Crippen molar-refractivity contribution in [1.82, 2.24) is 10.3 Å². The lowest BCUT2D eigenvalue weighted by molar-refractivity contribution is -0.109. The van der Waals surface area contributed by atoms with Gasteiger partial charge in [0.05, 0.1) is 12.8 Å². The number of nitrogens with one attached hydrogen (secondary N) is 1. The summed E-state index contributed by atoms with van der Waals surface area (Å²) in [6.45, 7) is -0.186. The molecule has 1 heterocycles. The average Bonchev–Trinajstić information content (AvgIpc) is 2.19. The van der Waals surface area contributed by atoms with Gasteiger partial charge in [-0.15, -0.1) is 0 Å². The number of nitrogens with zero attached hydrogens (tertiary/aromatic N) is 1. The van der Waals surface area contributed by atoms with Crippen LogP contribution in [-0.4, -0.2) is 29.1 Å². The molecule has 0 amide bonds. The van der Waals surface area contributed by atoms with E-state index in [1.165, 1.54) is 0 Å². The normalized spacial score (nSPS) is 12.4. The van der Waals surface area contributed by atoms with Crippen LogP contribution in [0.3, 0.4) is 0 Å². The van der Waals surface area contributed by atoms with Crippen molar-refractivity contribution in [1.29, 1.82) is 0 Å². The first-order valence-corrected chi connectivity index (χ1v) is 4.05. The molecule has 4 heteroatoms. The minimum atomic E-state index is -0.326. The Balaban J connectivity index is 2.51. The van der Waals surface area contributed by atoms with Gasteiger partial charge in [0, 0.05) is 12.4 Å². The summed E-state index contributed by atoms with van der Waals surface area (Å²) in [6.07, 6.45) is 4.72. The van der Waals surface area contributed by atoms with Crippen molar-refractivity contribution in [3.8, 4) is 0 Å². The predicted octanol–water partition coefficient (Wildman–Crippen LogP) is -0.269. The molecule has 0 aromatic carbocycles. The second kappa shape index (κ2) is 5.40. The highest BCUT2D eigenvalue weighted by atomic mass is 16.3. The molecule has 0 aliphatic rings. The fourth-order valence-corrected chi connectivity index (χ4v) is 1.06. The molecule has 0 saturated heterocycles. The maximum atomic E-state index is 10.5. The number of hydrogen-bond acceptors (Lipinski definition) is 4. The van der Waals surface area contributed by atoms with Crippen molar-refractivity contribution < 1.29 is 9.90 Å². The Hall–Kier alpha value is -1.26. The summed E-state index contributed by atoms with van der Waals surface area (Å²) in [5, 5.41) is 11.2. The summed E-state index contributed by atoms with van der Waals surface area (Å²) in [6, 6.07) is 3.36. The lowest BCUT2D eigenvalue weighted by atomic mass is 10.1. The van der Waals surface area contributed by atoms with Gasteiger partial charge in [0.1, 0.15) is 6.29 Å². The third-order valence-corrected chi connectivity index (χ3v) is 1.72. The molecule has 0 bridgehead atoms. The number of carbonyl (C=O) groups is 1. The van der Waals surface area contributed by atoms with Gasteiger partial charge in [0.25, 0.3) is 0 Å². The Bertz CT molecular complexity index is 251. The smallest absolute Gasteiger partial charge is 0.137 e. The fourth-order valence-electron chi connectivity index (χ4n) is 1.06. The van der Waals surface area contributed by atoms with Crippen molar-refractivity contribution >= 4 is 6.29 Å². The third kappa shape index (κ3) is 3.31. The topological polar surface area (TPSA) is 62.2 Å². The number of aromatic nitrogens is 1. The Kier molecular flexibility index (Phi) is 4.08. The van der Waals surface area contributed by atoms with Gasteiger partial charge in [0.15, 0.2) is 0 Å². The zero-order valence-corrected chi connectivity index (χ0v) is 7.18. The zero-order chi connectivity index (χ0) is 9.52. The zero-order valence-electron chi connectivity index (χ0n) is 7.18. The fraction of sp³-hybridized carbons (Fsp3) is 0.333. The van der Waals surface area contributed by atoms with Gasteiger partial charge < -0.3 is 9.90 Å². The van der Waals surface area contributed by atoms with Crippen LogP contribution in [-0.2, 0) is 11.2 Å². The molecule has 1 rings (SSSR count). The Morgan fingerprint density at radius 3 is 2.77 bits per heavy atom. The number of rotatable bonds is 5. The van der Waals surface area contributed by atoms with E-state index < -0.39 is 0 Å². The van der Waals surface area contributed by atoms with E-state index in [1.54, 1.807) is 12.4 Å². The summed E-state index contributed by atoms with van der Waals surface area (Å²) in [5.41, 5.74) is 1.02. The largest absolute Gasteiger partial charge is 0.381 e. The van der Waals surface area contributed by atoms with E-state index in [4.69, 9.17) is 5.11 Å². The number of carbonyl (C=O) groups excluding carboxylic acids is 1. The van der Waals surface area contributed by atoms with E-state index in [1.807, 2.05) is 12.1 Å². The van der Waals surface area contributed by atoms with Gasteiger partial charge >= 0.3 is 0 Å². The number of aliphatic hydroxyl groups excluding tert-OH is 1. The lowest BCUT2D eigenvalue weighted by Gasteiger charge is -2.09. The monoisotopic (exact) mass is 180 g/mol. The van der Waals surface area contributed by atoms with Crippen molar-refractivity contribution in [3.05, 3.63) is 30.1 Å². The molecule has 0 radical (unpaired) electrons. The van der Waals surface area contributed by atoms with Crippen LogP contribution in [0.5, 0.6) is 0 Å². The summed E-state index contributed by atoms with van der Waals surface area (Å²) in [4.78, 5) is 14.4. The molecule has 1 aromatic rings. The minimum Gasteiger partial charge on any atom is -0.381 e. The maximum absolute atomic E-state index is 10.5. The van der Waals surface area contributed by atoms with Crippen molar-refractivity contribution in [3.63, 3.8) is 0 Å². The van der Waals surface area contributed by atoms with Gasteiger partial charge in [-0.1, -0.05) is 0 Å². The summed E-state index contributed by atoms with van der Waals surface area (Å²) in [5.74, 6) is 0. The van der Waals surface area contributed by atoms with Gasteiger partial charge in [-0.05, 0) is 24.1 Å². The highest BCUT2D eigenvalue weighted by Crippen LogP contribution is 1.99. The van der Waals surface area contributed by atoms with Crippen LogP contribution >= 0.6 is 0 Å². The number of hydrogen-bond donors (Lipinski definition) is 2.